The molecule has 0 heterocycles. The average Bonchev–Trinajstić information content (AvgIpc) is 2.51. The van der Waals surface area contributed by atoms with Crippen LogP contribution >= 0.6 is 0 Å². The van der Waals surface area contributed by atoms with E-state index < -0.39 is 11.9 Å². The Morgan fingerprint density at radius 3 is 2.45 bits per heavy atom. The normalized spacial score (nSPS) is 11.8. The molecule has 2 aromatic rings. The lowest BCUT2D eigenvalue weighted by atomic mass is 10.1. The first-order valence-electron chi connectivity index (χ1n) is 7.51. The van der Waals surface area contributed by atoms with Gasteiger partial charge in [0.2, 0.25) is 5.91 Å². The Morgan fingerprint density at radius 1 is 1.14 bits per heavy atom. The molecule has 0 aliphatic heterocycles. The molecular weight excluding hydrogens is 279 g/mol. The summed E-state index contributed by atoms with van der Waals surface area (Å²) >= 11 is 0. The van der Waals surface area contributed by atoms with Gasteiger partial charge in [0.15, 0.2) is 0 Å². The van der Waals surface area contributed by atoms with Crippen LogP contribution in [0.5, 0.6) is 0 Å². The third kappa shape index (κ3) is 4.32. The number of anilines is 2. The molecule has 3 nitrogen and oxygen atoms in total. The Bertz CT molecular complexity index is 625. The zero-order valence-electron chi connectivity index (χ0n) is 12.9. The van der Waals surface area contributed by atoms with Crippen LogP contribution in [0.1, 0.15) is 25.8 Å². The number of benzene rings is 2. The maximum absolute atomic E-state index is 13.5. The van der Waals surface area contributed by atoms with Crippen LogP contribution in [0.25, 0.3) is 0 Å². The standard InChI is InChI=1S/C18H21FN2O/c1-3-6-14-9-11-15(12-10-14)20-13(2)18(22)21-17-8-5-4-7-16(17)19/h4-5,7-13,20H,3,6H2,1-2H3,(H,21,22)/t13-/m1/s1. The van der Waals surface area contributed by atoms with Crippen LogP contribution in [0.2, 0.25) is 0 Å². The third-order valence-electron chi connectivity index (χ3n) is 3.40. The van der Waals surface area contributed by atoms with Crippen LogP contribution in [0.3, 0.4) is 0 Å². The van der Waals surface area contributed by atoms with Crippen molar-refractivity contribution in [2.45, 2.75) is 32.7 Å². The number of para-hydroxylation sites is 1. The number of aryl methyl sites for hydroxylation is 1. The summed E-state index contributed by atoms with van der Waals surface area (Å²) in [6, 6.07) is 13.7. The maximum Gasteiger partial charge on any atom is 0.246 e. The van der Waals surface area contributed by atoms with Crippen molar-refractivity contribution in [1.82, 2.24) is 0 Å². The Balaban J connectivity index is 1.95. The van der Waals surface area contributed by atoms with Gasteiger partial charge in [-0.15, -0.1) is 0 Å². The molecule has 116 valence electrons. The van der Waals surface area contributed by atoms with Gasteiger partial charge in [0.05, 0.1) is 5.69 Å². The van der Waals surface area contributed by atoms with Crippen molar-refractivity contribution in [3.63, 3.8) is 0 Å². The van der Waals surface area contributed by atoms with E-state index in [1.807, 2.05) is 24.3 Å². The Hall–Kier alpha value is -2.36. The molecule has 0 aliphatic carbocycles. The van der Waals surface area contributed by atoms with Gasteiger partial charge in [0, 0.05) is 5.69 Å². The molecule has 4 heteroatoms. The third-order valence-corrected chi connectivity index (χ3v) is 3.40. The minimum atomic E-state index is -0.461. The molecule has 0 radical (unpaired) electrons. The molecule has 0 aliphatic rings. The summed E-state index contributed by atoms with van der Waals surface area (Å²) in [5.41, 5.74) is 2.34. The number of rotatable bonds is 6. The predicted molar refractivity (Wildman–Crippen MR) is 88.6 cm³/mol. The minimum Gasteiger partial charge on any atom is -0.374 e. The van der Waals surface area contributed by atoms with Gasteiger partial charge in [-0.2, -0.15) is 0 Å². The van der Waals surface area contributed by atoms with E-state index in [0.29, 0.717) is 0 Å². The molecule has 0 fully saturated rings. The molecule has 1 atom stereocenters. The highest BCUT2D eigenvalue weighted by atomic mass is 19.1. The monoisotopic (exact) mass is 300 g/mol. The summed E-state index contributed by atoms with van der Waals surface area (Å²) in [5.74, 6) is -0.713. The molecule has 22 heavy (non-hydrogen) atoms. The molecule has 1 amide bonds. The highest BCUT2D eigenvalue weighted by molar-refractivity contribution is 5.96. The van der Waals surface area contributed by atoms with Crippen LogP contribution in [-0.2, 0) is 11.2 Å². The molecule has 2 rings (SSSR count). The van der Waals surface area contributed by atoms with E-state index in [-0.39, 0.29) is 11.6 Å². The molecular formula is C18H21FN2O. The van der Waals surface area contributed by atoms with Gasteiger partial charge in [0.1, 0.15) is 11.9 Å². The first kappa shape index (κ1) is 16.0. The van der Waals surface area contributed by atoms with Crippen molar-refractivity contribution in [1.29, 1.82) is 0 Å². The molecule has 0 aromatic heterocycles. The number of amides is 1. The quantitative estimate of drug-likeness (QED) is 0.838. The maximum atomic E-state index is 13.5. The molecule has 0 bridgehead atoms. The molecule has 0 saturated carbocycles. The lowest BCUT2D eigenvalue weighted by molar-refractivity contribution is -0.116. The number of carbonyl (C=O) groups excluding carboxylic acids is 1. The summed E-state index contributed by atoms with van der Waals surface area (Å²) in [7, 11) is 0. The van der Waals surface area contributed by atoms with Gasteiger partial charge in [-0.05, 0) is 43.2 Å². The van der Waals surface area contributed by atoms with E-state index in [1.165, 1.54) is 11.6 Å². The predicted octanol–water partition coefficient (Wildman–Crippen LogP) is 4.22. The van der Waals surface area contributed by atoms with Crippen molar-refractivity contribution in [3.8, 4) is 0 Å². The SMILES string of the molecule is CCCc1ccc(N[C@H](C)C(=O)Nc2ccccc2F)cc1. The van der Waals surface area contributed by atoms with Crippen molar-refractivity contribution in [2.75, 3.05) is 10.6 Å². The van der Waals surface area contributed by atoms with Crippen LogP contribution in [0.4, 0.5) is 15.8 Å². The highest BCUT2D eigenvalue weighted by Gasteiger charge is 2.14. The molecule has 0 unspecified atom stereocenters. The topological polar surface area (TPSA) is 41.1 Å². The molecule has 0 spiro atoms. The molecule has 2 N–H and O–H groups in total. The minimum absolute atomic E-state index is 0.194. The lowest BCUT2D eigenvalue weighted by Gasteiger charge is -2.16. The van der Waals surface area contributed by atoms with Gasteiger partial charge >= 0.3 is 0 Å². The number of hydrogen-bond acceptors (Lipinski definition) is 2. The molecule has 2 aromatic carbocycles. The molecule has 0 saturated heterocycles. The highest BCUT2D eigenvalue weighted by Crippen LogP contribution is 2.15. The van der Waals surface area contributed by atoms with Gasteiger partial charge in [-0.25, -0.2) is 4.39 Å². The summed E-state index contributed by atoms with van der Waals surface area (Å²) < 4.78 is 13.5. The Labute approximate surface area is 130 Å². The number of halogens is 1. The van der Waals surface area contributed by atoms with E-state index >= 15 is 0 Å². The first-order chi connectivity index (χ1) is 10.6. The fourth-order valence-corrected chi connectivity index (χ4v) is 2.18. The Kier molecular flexibility index (Phi) is 5.53. The average molecular weight is 300 g/mol. The Morgan fingerprint density at radius 2 is 1.82 bits per heavy atom. The van der Waals surface area contributed by atoms with E-state index in [1.54, 1.807) is 25.1 Å². The van der Waals surface area contributed by atoms with Gasteiger partial charge < -0.3 is 10.6 Å². The fraction of sp³-hybridized carbons (Fsp3) is 0.278. The van der Waals surface area contributed by atoms with E-state index in [0.717, 1.165) is 18.5 Å². The largest absolute Gasteiger partial charge is 0.374 e. The van der Waals surface area contributed by atoms with E-state index in [4.69, 9.17) is 0 Å². The van der Waals surface area contributed by atoms with Crippen LogP contribution in [0.15, 0.2) is 48.5 Å². The zero-order chi connectivity index (χ0) is 15.9. The van der Waals surface area contributed by atoms with Crippen molar-refractivity contribution in [2.24, 2.45) is 0 Å². The number of carbonyl (C=O) groups is 1. The van der Waals surface area contributed by atoms with E-state index in [2.05, 4.69) is 17.6 Å². The number of nitrogens with one attached hydrogen (secondary N) is 2. The van der Waals surface area contributed by atoms with Crippen LogP contribution in [-0.4, -0.2) is 11.9 Å². The second kappa shape index (κ2) is 7.59. The van der Waals surface area contributed by atoms with Crippen molar-refractivity contribution in [3.05, 3.63) is 59.9 Å². The summed E-state index contributed by atoms with van der Waals surface area (Å²) in [6.45, 7) is 3.89. The number of hydrogen-bond donors (Lipinski definition) is 2. The lowest BCUT2D eigenvalue weighted by Crippen LogP contribution is -2.32. The van der Waals surface area contributed by atoms with Gasteiger partial charge in [0.25, 0.3) is 0 Å². The van der Waals surface area contributed by atoms with E-state index in [9.17, 15) is 9.18 Å². The zero-order valence-corrected chi connectivity index (χ0v) is 12.9. The van der Waals surface area contributed by atoms with Crippen LogP contribution in [0, 0.1) is 5.82 Å². The second-order valence-corrected chi connectivity index (χ2v) is 5.28. The van der Waals surface area contributed by atoms with Gasteiger partial charge in [-0.1, -0.05) is 37.6 Å². The summed E-state index contributed by atoms with van der Waals surface area (Å²) in [4.78, 5) is 12.1. The van der Waals surface area contributed by atoms with Gasteiger partial charge in [-0.3, -0.25) is 4.79 Å². The summed E-state index contributed by atoms with van der Waals surface area (Å²) in [6.07, 6.45) is 2.15. The first-order valence-corrected chi connectivity index (χ1v) is 7.51. The second-order valence-electron chi connectivity index (χ2n) is 5.28. The fourth-order valence-electron chi connectivity index (χ4n) is 2.18. The summed E-state index contributed by atoms with van der Waals surface area (Å²) in [5, 5.41) is 5.70. The van der Waals surface area contributed by atoms with Crippen molar-refractivity contribution < 1.29 is 9.18 Å². The smallest absolute Gasteiger partial charge is 0.246 e. The van der Waals surface area contributed by atoms with Crippen LogP contribution < -0.4 is 10.6 Å². The van der Waals surface area contributed by atoms with Crippen molar-refractivity contribution >= 4 is 17.3 Å².